The van der Waals surface area contributed by atoms with Crippen molar-refractivity contribution in [3.8, 4) is 17.3 Å². The van der Waals surface area contributed by atoms with Crippen molar-refractivity contribution in [2.24, 2.45) is 0 Å². The summed E-state index contributed by atoms with van der Waals surface area (Å²) < 4.78 is 0. The number of hydrogen-bond acceptors (Lipinski definition) is 3. The quantitative estimate of drug-likeness (QED) is 0.824. The molecule has 0 fully saturated rings. The Labute approximate surface area is 124 Å². The normalized spacial score (nSPS) is 9.24. The first-order valence-corrected chi connectivity index (χ1v) is 6.73. The van der Waals surface area contributed by atoms with Gasteiger partial charge in [-0.15, -0.1) is 0 Å². The molecular weight excluding hydrogens is 262 g/mol. The highest BCUT2D eigenvalue weighted by molar-refractivity contribution is 5.78. The summed E-state index contributed by atoms with van der Waals surface area (Å²) in [6.07, 6.45) is 0.889. The molecule has 0 amide bonds. The van der Waals surface area contributed by atoms with Crippen molar-refractivity contribution >= 4 is 5.71 Å². The van der Waals surface area contributed by atoms with Gasteiger partial charge in [0.2, 0.25) is 0 Å². The van der Waals surface area contributed by atoms with E-state index in [1.165, 1.54) is 0 Å². The van der Waals surface area contributed by atoms with E-state index in [0.717, 1.165) is 23.4 Å². The molecule has 108 valence electrons. The Morgan fingerprint density at radius 3 is 2.33 bits per heavy atom. The number of hydrogen-bond donors (Lipinski definition) is 2. The second-order valence-corrected chi connectivity index (χ2v) is 4.68. The number of aryl methyl sites for hydroxylation is 1. The average molecular weight is 281 g/mol. The molecule has 0 unspecified atom stereocenters. The number of nitrogens with one attached hydrogen (secondary N) is 2. The molecule has 0 aliphatic rings. The minimum atomic E-state index is -0.332. The molecule has 1 heterocycles. The molecule has 21 heavy (non-hydrogen) atoms. The van der Waals surface area contributed by atoms with Crippen LogP contribution < -0.4 is 5.56 Å². The smallest absolute Gasteiger partial charge is 0.266 e. The van der Waals surface area contributed by atoms with Crippen LogP contribution in [0.1, 0.15) is 31.4 Å². The monoisotopic (exact) mass is 281 g/mol. The van der Waals surface area contributed by atoms with E-state index in [4.69, 9.17) is 10.7 Å². The average Bonchev–Trinajstić information content (AvgIpc) is 2.48. The van der Waals surface area contributed by atoms with E-state index in [-0.39, 0.29) is 11.1 Å². The summed E-state index contributed by atoms with van der Waals surface area (Å²) in [7, 11) is 0. The minimum absolute atomic E-state index is 0.180. The van der Waals surface area contributed by atoms with E-state index >= 15 is 0 Å². The van der Waals surface area contributed by atoms with Gasteiger partial charge < -0.3 is 10.4 Å². The van der Waals surface area contributed by atoms with E-state index in [1.54, 1.807) is 13.8 Å². The summed E-state index contributed by atoms with van der Waals surface area (Å²) in [5.74, 6) is 0. The lowest BCUT2D eigenvalue weighted by Crippen LogP contribution is -2.12. The first kappa shape index (κ1) is 16.4. The second-order valence-electron chi connectivity index (χ2n) is 4.68. The fraction of sp³-hybridized carbons (Fsp3) is 0.235. The number of H-pyrrole nitrogens is 1. The van der Waals surface area contributed by atoms with Crippen LogP contribution in [0.4, 0.5) is 0 Å². The summed E-state index contributed by atoms with van der Waals surface area (Å²) in [5.41, 5.74) is 2.98. The molecule has 2 N–H and O–H groups in total. The van der Waals surface area contributed by atoms with E-state index in [1.807, 2.05) is 49.4 Å². The lowest BCUT2D eigenvalue weighted by Gasteiger charge is -2.03. The SMILES string of the molecule is CCC(C)=N.Cc1cc(-c2ccccc2)[nH]c(=O)c1C#N. The zero-order chi connectivity index (χ0) is 15.8. The van der Waals surface area contributed by atoms with Gasteiger partial charge in [-0.3, -0.25) is 4.79 Å². The van der Waals surface area contributed by atoms with Gasteiger partial charge in [-0.25, -0.2) is 0 Å². The molecule has 0 bridgehead atoms. The van der Waals surface area contributed by atoms with Crippen LogP contribution in [0.25, 0.3) is 11.3 Å². The highest BCUT2D eigenvalue weighted by Crippen LogP contribution is 2.16. The number of rotatable bonds is 2. The zero-order valence-corrected chi connectivity index (χ0v) is 12.5. The molecule has 4 heteroatoms. The maximum absolute atomic E-state index is 11.6. The maximum atomic E-state index is 11.6. The topological polar surface area (TPSA) is 80.5 Å². The van der Waals surface area contributed by atoms with Crippen LogP contribution in [0.5, 0.6) is 0 Å². The molecule has 0 radical (unpaired) electrons. The predicted octanol–water partition coefficient (Wildman–Crippen LogP) is 3.66. The van der Waals surface area contributed by atoms with Crippen molar-refractivity contribution < 1.29 is 0 Å². The van der Waals surface area contributed by atoms with Gasteiger partial charge in [-0.05, 0) is 37.5 Å². The highest BCUT2D eigenvalue weighted by atomic mass is 16.1. The van der Waals surface area contributed by atoms with Crippen LogP contribution in [0.2, 0.25) is 0 Å². The van der Waals surface area contributed by atoms with Gasteiger partial charge in [0.05, 0.1) is 0 Å². The Bertz CT molecular complexity index is 709. The number of benzene rings is 1. The molecule has 1 aromatic heterocycles. The predicted molar refractivity (Wildman–Crippen MR) is 85.6 cm³/mol. The van der Waals surface area contributed by atoms with E-state index in [9.17, 15) is 4.79 Å². The van der Waals surface area contributed by atoms with Crippen molar-refractivity contribution in [3.63, 3.8) is 0 Å². The van der Waals surface area contributed by atoms with E-state index < -0.39 is 0 Å². The van der Waals surface area contributed by atoms with Gasteiger partial charge in [0.15, 0.2) is 0 Å². The first-order valence-electron chi connectivity index (χ1n) is 6.73. The van der Waals surface area contributed by atoms with E-state index in [2.05, 4.69) is 4.98 Å². The van der Waals surface area contributed by atoms with E-state index in [0.29, 0.717) is 5.56 Å². The van der Waals surface area contributed by atoms with Gasteiger partial charge >= 0.3 is 0 Å². The highest BCUT2D eigenvalue weighted by Gasteiger charge is 2.06. The maximum Gasteiger partial charge on any atom is 0.266 e. The summed E-state index contributed by atoms with van der Waals surface area (Å²) in [6, 6.07) is 13.3. The molecule has 2 rings (SSSR count). The van der Waals surface area contributed by atoms with Crippen LogP contribution in [0.3, 0.4) is 0 Å². The molecule has 1 aromatic carbocycles. The summed E-state index contributed by atoms with van der Waals surface area (Å²) in [4.78, 5) is 14.3. The van der Waals surface area contributed by atoms with Crippen molar-refractivity contribution in [2.45, 2.75) is 27.2 Å². The number of pyridine rings is 1. The lowest BCUT2D eigenvalue weighted by molar-refractivity contribution is 1.18. The number of aromatic nitrogens is 1. The Hall–Kier alpha value is -2.67. The van der Waals surface area contributed by atoms with Crippen molar-refractivity contribution in [3.05, 3.63) is 57.9 Å². The third-order valence-electron chi connectivity index (χ3n) is 2.96. The molecule has 0 aliphatic heterocycles. The van der Waals surface area contributed by atoms with Crippen LogP contribution in [-0.4, -0.2) is 10.7 Å². The fourth-order valence-electron chi connectivity index (χ4n) is 1.60. The third kappa shape index (κ3) is 4.73. The van der Waals surface area contributed by atoms with Crippen molar-refractivity contribution in [1.82, 2.24) is 4.98 Å². The molecular formula is C17H19N3O. The number of aromatic amines is 1. The van der Waals surface area contributed by atoms with Gasteiger partial charge in [-0.2, -0.15) is 5.26 Å². The van der Waals surface area contributed by atoms with Crippen LogP contribution >= 0.6 is 0 Å². The first-order chi connectivity index (χ1) is 9.99. The van der Waals surface area contributed by atoms with Crippen molar-refractivity contribution in [2.75, 3.05) is 0 Å². The summed E-state index contributed by atoms with van der Waals surface area (Å²) in [5, 5.41) is 15.5. The Morgan fingerprint density at radius 1 is 1.33 bits per heavy atom. The molecule has 2 aromatic rings. The van der Waals surface area contributed by atoms with Gasteiger partial charge in [0.25, 0.3) is 5.56 Å². The second kappa shape index (κ2) is 7.81. The van der Waals surface area contributed by atoms with Gasteiger partial charge in [0, 0.05) is 11.4 Å². The van der Waals surface area contributed by atoms with Gasteiger partial charge in [-0.1, -0.05) is 37.3 Å². The Kier molecular flexibility index (Phi) is 6.09. The minimum Gasteiger partial charge on any atom is -0.321 e. The lowest BCUT2D eigenvalue weighted by atomic mass is 10.1. The third-order valence-corrected chi connectivity index (χ3v) is 2.96. The molecule has 4 nitrogen and oxygen atoms in total. The standard InChI is InChI=1S/C13H10N2O.C4H9N/c1-9-7-12(10-5-3-2-4-6-10)15-13(16)11(9)8-14;1-3-4(2)5/h2-7H,1H3,(H,15,16);5H,3H2,1-2H3. The van der Waals surface area contributed by atoms with Crippen LogP contribution in [0.15, 0.2) is 41.2 Å². The Balaban J connectivity index is 0.000000383. The van der Waals surface area contributed by atoms with Crippen LogP contribution in [0, 0.1) is 23.7 Å². The zero-order valence-electron chi connectivity index (χ0n) is 12.5. The molecule has 0 saturated heterocycles. The molecule has 0 spiro atoms. The largest absolute Gasteiger partial charge is 0.321 e. The summed E-state index contributed by atoms with van der Waals surface area (Å²) >= 11 is 0. The van der Waals surface area contributed by atoms with Crippen molar-refractivity contribution in [1.29, 1.82) is 10.7 Å². The Morgan fingerprint density at radius 2 is 1.90 bits per heavy atom. The number of nitriles is 1. The number of nitrogens with zero attached hydrogens (tertiary/aromatic N) is 1. The summed E-state index contributed by atoms with van der Waals surface area (Å²) in [6.45, 7) is 5.54. The molecule has 0 saturated carbocycles. The molecule has 0 atom stereocenters. The fourth-order valence-corrected chi connectivity index (χ4v) is 1.60. The van der Waals surface area contributed by atoms with Gasteiger partial charge in [0.1, 0.15) is 11.6 Å². The molecule has 0 aliphatic carbocycles. The van der Waals surface area contributed by atoms with Crippen LogP contribution in [-0.2, 0) is 0 Å².